The van der Waals surface area contributed by atoms with Crippen LogP contribution in [0.3, 0.4) is 0 Å². The van der Waals surface area contributed by atoms with Crippen LogP contribution in [0.25, 0.3) is 0 Å². The predicted molar refractivity (Wildman–Crippen MR) is 81.4 cm³/mol. The minimum Gasteiger partial charge on any atom is -0.443 e. The van der Waals surface area contributed by atoms with Crippen LogP contribution in [-0.4, -0.2) is 23.0 Å². The van der Waals surface area contributed by atoms with Gasteiger partial charge < -0.3 is 4.74 Å². The lowest BCUT2D eigenvalue weighted by atomic mass is 10.0. The van der Waals surface area contributed by atoms with Crippen molar-refractivity contribution in [2.24, 2.45) is 0 Å². The highest BCUT2D eigenvalue weighted by Crippen LogP contribution is 2.26. The number of carbonyl (C=O) groups excluding carboxylic acids is 2. The van der Waals surface area contributed by atoms with Crippen LogP contribution in [0.15, 0.2) is 22.7 Å². The van der Waals surface area contributed by atoms with E-state index in [0.717, 1.165) is 20.5 Å². The highest BCUT2D eigenvalue weighted by atomic mass is 79.9. The Morgan fingerprint density at radius 2 is 2.00 bits per heavy atom. The number of hydrogen-bond acceptors (Lipinski definition) is 3. The fraction of sp³-hybridized carbons (Fsp3) is 0.467. The summed E-state index contributed by atoms with van der Waals surface area (Å²) in [5.74, 6) is 0. The SMILES string of the molecule is Cc1cc(Br)ccc1C(C)N(C=O)C(=O)OC(C)(C)C. The van der Waals surface area contributed by atoms with Gasteiger partial charge in [-0.15, -0.1) is 0 Å². The van der Waals surface area contributed by atoms with Crippen molar-refractivity contribution in [3.63, 3.8) is 0 Å². The molecular weight excluding hydrogens is 322 g/mol. The van der Waals surface area contributed by atoms with E-state index in [1.807, 2.05) is 25.1 Å². The molecule has 0 aliphatic carbocycles. The lowest BCUT2D eigenvalue weighted by Crippen LogP contribution is -2.37. The first-order valence-electron chi connectivity index (χ1n) is 6.38. The molecule has 1 rings (SSSR count). The first-order valence-corrected chi connectivity index (χ1v) is 7.17. The molecule has 1 aromatic rings. The number of halogens is 1. The van der Waals surface area contributed by atoms with E-state index in [9.17, 15) is 9.59 Å². The number of imide groups is 1. The predicted octanol–water partition coefficient (Wildman–Crippen LogP) is 4.21. The van der Waals surface area contributed by atoms with Crippen LogP contribution >= 0.6 is 15.9 Å². The Kier molecular flexibility index (Phi) is 5.34. The van der Waals surface area contributed by atoms with Crippen LogP contribution in [0.4, 0.5) is 4.79 Å². The van der Waals surface area contributed by atoms with Gasteiger partial charge in [0, 0.05) is 4.47 Å². The van der Waals surface area contributed by atoms with Crippen LogP contribution in [-0.2, 0) is 9.53 Å². The summed E-state index contributed by atoms with van der Waals surface area (Å²) >= 11 is 3.39. The van der Waals surface area contributed by atoms with Gasteiger partial charge in [-0.2, -0.15) is 0 Å². The first-order chi connectivity index (χ1) is 9.15. The smallest absolute Gasteiger partial charge is 0.417 e. The van der Waals surface area contributed by atoms with Gasteiger partial charge in [0.05, 0.1) is 6.04 Å². The van der Waals surface area contributed by atoms with Gasteiger partial charge in [-0.05, 0) is 57.9 Å². The second-order valence-corrected chi connectivity index (χ2v) is 6.59. The summed E-state index contributed by atoms with van der Waals surface area (Å²) in [6.45, 7) is 9.04. The maximum absolute atomic E-state index is 12.0. The number of nitrogens with zero attached hydrogens (tertiary/aromatic N) is 1. The van der Waals surface area contributed by atoms with E-state index in [0.29, 0.717) is 6.41 Å². The Morgan fingerprint density at radius 3 is 2.45 bits per heavy atom. The van der Waals surface area contributed by atoms with E-state index in [1.165, 1.54) is 0 Å². The summed E-state index contributed by atoms with van der Waals surface area (Å²) in [6.07, 6.45) is -0.123. The van der Waals surface area contributed by atoms with Crippen molar-refractivity contribution in [3.8, 4) is 0 Å². The van der Waals surface area contributed by atoms with Crippen molar-refractivity contribution >= 4 is 28.4 Å². The Morgan fingerprint density at radius 1 is 1.40 bits per heavy atom. The van der Waals surface area contributed by atoms with Crippen LogP contribution in [0.5, 0.6) is 0 Å². The number of benzene rings is 1. The van der Waals surface area contributed by atoms with Crippen molar-refractivity contribution in [1.29, 1.82) is 0 Å². The van der Waals surface area contributed by atoms with Gasteiger partial charge in [-0.3, -0.25) is 4.79 Å². The number of aryl methyl sites for hydroxylation is 1. The monoisotopic (exact) mass is 341 g/mol. The van der Waals surface area contributed by atoms with Gasteiger partial charge in [-0.1, -0.05) is 22.0 Å². The zero-order valence-electron chi connectivity index (χ0n) is 12.4. The summed E-state index contributed by atoms with van der Waals surface area (Å²) in [5, 5.41) is 0. The number of amides is 2. The molecule has 0 heterocycles. The number of ether oxygens (including phenoxy) is 1. The van der Waals surface area contributed by atoms with Gasteiger partial charge in [0.15, 0.2) is 0 Å². The normalized spacial score (nSPS) is 12.7. The van der Waals surface area contributed by atoms with E-state index in [4.69, 9.17) is 4.74 Å². The van der Waals surface area contributed by atoms with E-state index in [2.05, 4.69) is 15.9 Å². The molecule has 0 bridgehead atoms. The van der Waals surface area contributed by atoms with Crippen LogP contribution in [0.1, 0.15) is 44.9 Å². The largest absolute Gasteiger partial charge is 0.443 e. The molecule has 0 N–H and O–H groups in total. The molecular formula is C15H20BrNO3. The van der Waals surface area contributed by atoms with E-state index < -0.39 is 11.7 Å². The van der Waals surface area contributed by atoms with Crippen LogP contribution < -0.4 is 0 Å². The Bertz CT molecular complexity index is 508. The minimum atomic E-state index is -0.637. The topological polar surface area (TPSA) is 46.6 Å². The molecule has 0 fully saturated rings. The van der Waals surface area contributed by atoms with E-state index in [1.54, 1.807) is 27.7 Å². The second-order valence-electron chi connectivity index (χ2n) is 5.67. The summed E-state index contributed by atoms with van der Waals surface area (Å²) in [7, 11) is 0. The average molecular weight is 342 g/mol. The molecule has 110 valence electrons. The summed E-state index contributed by atoms with van der Waals surface area (Å²) < 4.78 is 6.20. The maximum Gasteiger partial charge on any atom is 0.417 e. The quantitative estimate of drug-likeness (QED) is 0.773. The van der Waals surface area contributed by atoms with Crippen molar-refractivity contribution in [3.05, 3.63) is 33.8 Å². The summed E-state index contributed by atoms with van der Waals surface area (Å²) in [4.78, 5) is 24.4. The Labute approximate surface area is 128 Å². The maximum atomic E-state index is 12.0. The van der Waals surface area contributed by atoms with Gasteiger partial charge >= 0.3 is 6.09 Å². The lowest BCUT2D eigenvalue weighted by molar-refractivity contribution is -0.119. The van der Waals surface area contributed by atoms with Gasteiger partial charge in [-0.25, -0.2) is 9.69 Å². The van der Waals surface area contributed by atoms with Crippen molar-refractivity contribution < 1.29 is 14.3 Å². The van der Waals surface area contributed by atoms with Crippen molar-refractivity contribution in [2.75, 3.05) is 0 Å². The zero-order chi connectivity index (χ0) is 15.5. The number of rotatable bonds is 3. The zero-order valence-corrected chi connectivity index (χ0v) is 14.0. The fourth-order valence-corrected chi connectivity index (χ4v) is 2.34. The van der Waals surface area contributed by atoms with Crippen LogP contribution in [0.2, 0.25) is 0 Å². The molecule has 20 heavy (non-hydrogen) atoms. The lowest BCUT2D eigenvalue weighted by Gasteiger charge is -2.28. The molecule has 5 heteroatoms. The molecule has 1 aromatic carbocycles. The van der Waals surface area contributed by atoms with Crippen molar-refractivity contribution in [2.45, 2.75) is 46.3 Å². The molecule has 0 aliphatic rings. The summed E-state index contributed by atoms with van der Waals surface area (Å²) in [5.41, 5.74) is 1.28. The third-order valence-electron chi connectivity index (χ3n) is 2.82. The Hall–Kier alpha value is -1.36. The Balaban J connectivity index is 3.00. The molecule has 0 aromatic heterocycles. The molecule has 4 nitrogen and oxygen atoms in total. The molecule has 1 atom stereocenters. The van der Waals surface area contributed by atoms with E-state index >= 15 is 0 Å². The highest BCUT2D eigenvalue weighted by molar-refractivity contribution is 9.10. The minimum absolute atomic E-state index is 0.379. The third-order valence-corrected chi connectivity index (χ3v) is 3.31. The molecule has 1 unspecified atom stereocenters. The van der Waals surface area contributed by atoms with Crippen molar-refractivity contribution in [1.82, 2.24) is 4.90 Å². The average Bonchev–Trinajstić information content (AvgIpc) is 2.26. The first kappa shape index (κ1) is 16.7. The van der Waals surface area contributed by atoms with Gasteiger partial charge in [0.1, 0.15) is 5.60 Å². The number of hydrogen-bond donors (Lipinski definition) is 0. The van der Waals surface area contributed by atoms with Gasteiger partial charge in [0.25, 0.3) is 0 Å². The molecule has 2 amide bonds. The highest BCUT2D eigenvalue weighted by Gasteiger charge is 2.27. The molecule has 0 saturated heterocycles. The molecule has 0 aliphatic heterocycles. The molecule has 0 spiro atoms. The standard InChI is InChI=1S/C15H20BrNO3/c1-10-8-12(16)6-7-13(10)11(2)17(9-18)14(19)20-15(3,4)5/h6-9,11H,1-5H3. The van der Waals surface area contributed by atoms with Gasteiger partial charge in [0.2, 0.25) is 6.41 Å². The molecule has 0 saturated carbocycles. The second kappa shape index (κ2) is 6.39. The van der Waals surface area contributed by atoms with E-state index in [-0.39, 0.29) is 6.04 Å². The molecule has 0 radical (unpaired) electrons. The fourth-order valence-electron chi connectivity index (χ4n) is 1.86. The third kappa shape index (κ3) is 4.34. The van der Waals surface area contributed by atoms with Crippen LogP contribution in [0, 0.1) is 6.92 Å². The summed E-state index contributed by atoms with van der Waals surface area (Å²) in [6, 6.07) is 5.35. The number of carbonyl (C=O) groups is 2.